The van der Waals surface area contributed by atoms with Crippen molar-refractivity contribution in [2.45, 2.75) is 19.9 Å². The average Bonchev–Trinajstić information content (AvgIpc) is 3.10. The summed E-state index contributed by atoms with van der Waals surface area (Å²) in [5.41, 5.74) is 0.860. The molecular weight excluding hydrogens is 330 g/mol. The Kier molecular flexibility index (Phi) is 4.36. The minimum absolute atomic E-state index is 0.597. The lowest BCUT2D eigenvalue weighted by Gasteiger charge is -2.40. The molecule has 1 aromatic carbocycles. The Morgan fingerprint density at radius 1 is 1.08 bits per heavy atom. The van der Waals surface area contributed by atoms with E-state index in [1.165, 1.54) is 0 Å². The number of rotatable bonds is 6. The molecule has 3 aromatic rings. The van der Waals surface area contributed by atoms with Crippen molar-refractivity contribution in [3.05, 3.63) is 36.7 Å². The van der Waals surface area contributed by atoms with Gasteiger partial charge in [0, 0.05) is 55.8 Å². The first-order chi connectivity index (χ1) is 12.7. The van der Waals surface area contributed by atoms with Crippen LogP contribution in [0.25, 0.3) is 10.9 Å². The van der Waals surface area contributed by atoms with Gasteiger partial charge >= 0.3 is 0 Å². The first-order valence-electron chi connectivity index (χ1n) is 8.85. The van der Waals surface area contributed by atoms with Gasteiger partial charge in [0.1, 0.15) is 18.0 Å². The molecule has 4 rings (SSSR count). The Balaban J connectivity index is 1.55. The minimum Gasteiger partial charge on any atom is -0.493 e. The summed E-state index contributed by atoms with van der Waals surface area (Å²) in [5, 5.41) is 0.987. The van der Waals surface area contributed by atoms with E-state index in [1.807, 2.05) is 18.3 Å². The molecule has 0 radical (unpaired) electrons. The van der Waals surface area contributed by atoms with Crippen LogP contribution in [0.1, 0.15) is 12.7 Å². The van der Waals surface area contributed by atoms with Crippen molar-refractivity contribution in [1.29, 1.82) is 0 Å². The Morgan fingerprint density at radius 2 is 1.85 bits per heavy atom. The van der Waals surface area contributed by atoms with E-state index >= 15 is 0 Å². The second-order valence-electron chi connectivity index (χ2n) is 6.54. The molecule has 0 N–H and O–H groups in total. The molecular formula is C19H23N5O2. The number of fused-ring (bicyclic) bond motifs is 1. The molecule has 0 aliphatic carbocycles. The Bertz CT molecular complexity index is 917. The normalized spacial score (nSPS) is 14.5. The largest absolute Gasteiger partial charge is 0.493 e. The molecule has 136 valence electrons. The second-order valence-corrected chi connectivity index (χ2v) is 6.54. The number of aromatic nitrogens is 4. The van der Waals surface area contributed by atoms with E-state index in [0.717, 1.165) is 48.6 Å². The summed E-state index contributed by atoms with van der Waals surface area (Å²) in [4.78, 5) is 15.6. The molecule has 7 heteroatoms. The lowest BCUT2D eigenvalue weighted by atomic mass is 9.99. The summed E-state index contributed by atoms with van der Waals surface area (Å²) < 4.78 is 13.1. The molecule has 0 amide bonds. The molecule has 7 nitrogen and oxygen atoms in total. The SMILES string of the molecule is CCc1nccn1CC1CN(c2ncnc3cc(OC)c(OC)cc23)C1. The molecule has 0 spiro atoms. The van der Waals surface area contributed by atoms with Crippen molar-refractivity contribution >= 4 is 16.7 Å². The highest BCUT2D eigenvalue weighted by atomic mass is 16.5. The number of aryl methyl sites for hydroxylation is 1. The fourth-order valence-electron chi connectivity index (χ4n) is 3.58. The van der Waals surface area contributed by atoms with Gasteiger partial charge in [-0.25, -0.2) is 15.0 Å². The number of anilines is 1. The third-order valence-electron chi connectivity index (χ3n) is 4.95. The molecule has 3 heterocycles. The van der Waals surface area contributed by atoms with Crippen LogP contribution in [0.3, 0.4) is 0 Å². The first-order valence-corrected chi connectivity index (χ1v) is 8.85. The Labute approximate surface area is 152 Å². The summed E-state index contributed by atoms with van der Waals surface area (Å²) >= 11 is 0. The number of hydrogen-bond acceptors (Lipinski definition) is 6. The molecule has 0 saturated carbocycles. The van der Waals surface area contributed by atoms with E-state index in [2.05, 4.69) is 37.5 Å². The summed E-state index contributed by atoms with van der Waals surface area (Å²) in [7, 11) is 3.27. The number of methoxy groups -OCH3 is 2. The van der Waals surface area contributed by atoms with Crippen molar-refractivity contribution in [3.63, 3.8) is 0 Å². The quantitative estimate of drug-likeness (QED) is 0.678. The maximum absolute atomic E-state index is 5.44. The van der Waals surface area contributed by atoms with Crippen LogP contribution in [0.4, 0.5) is 5.82 Å². The first kappa shape index (κ1) is 16.6. The van der Waals surface area contributed by atoms with Gasteiger partial charge in [-0.1, -0.05) is 6.92 Å². The molecule has 1 saturated heterocycles. The van der Waals surface area contributed by atoms with Gasteiger partial charge in [-0.3, -0.25) is 0 Å². The summed E-state index contributed by atoms with van der Waals surface area (Å²) in [5.74, 6) is 4.07. The summed E-state index contributed by atoms with van der Waals surface area (Å²) in [6.45, 7) is 5.09. The zero-order chi connectivity index (χ0) is 18.1. The van der Waals surface area contributed by atoms with E-state index in [1.54, 1.807) is 20.5 Å². The van der Waals surface area contributed by atoms with Crippen LogP contribution in [-0.4, -0.2) is 46.8 Å². The third kappa shape index (κ3) is 2.83. The number of hydrogen-bond donors (Lipinski definition) is 0. The van der Waals surface area contributed by atoms with Gasteiger partial charge in [-0.05, 0) is 6.07 Å². The van der Waals surface area contributed by atoms with Crippen LogP contribution in [0.5, 0.6) is 11.5 Å². The second kappa shape index (κ2) is 6.82. The van der Waals surface area contributed by atoms with Crippen molar-refractivity contribution < 1.29 is 9.47 Å². The predicted molar refractivity (Wildman–Crippen MR) is 100.0 cm³/mol. The third-order valence-corrected chi connectivity index (χ3v) is 4.95. The fourth-order valence-corrected chi connectivity index (χ4v) is 3.58. The minimum atomic E-state index is 0.597. The predicted octanol–water partition coefficient (Wildman–Crippen LogP) is 2.54. The number of imidazole rings is 1. The maximum atomic E-state index is 5.44. The van der Waals surface area contributed by atoms with Crippen molar-refractivity contribution in [3.8, 4) is 11.5 Å². The van der Waals surface area contributed by atoms with Gasteiger partial charge < -0.3 is 18.9 Å². The van der Waals surface area contributed by atoms with E-state index in [9.17, 15) is 0 Å². The van der Waals surface area contributed by atoms with Crippen LogP contribution < -0.4 is 14.4 Å². The van der Waals surface area contributed by atoms with E-state index < -0.39 is 0 Å². The average molecular weight is 353 g/mol. The highest BCUT2D eigenvalue weighted by Gasteiger charge is 2.30. The van der Waals surface area contributed by atoms with Gasteiger partial charge in [0.2, 0.25) is 0 Å². The van der Waals surface area contributed by atoms with Crippen molar-refractivity contribution in [1.82, 2.24) is 19.5 Å². The van der Waals surface area contributed by atoms with Gasteiger partial charge in [0.15, 0.2) is 11.5 Å². The lowest BCUT2D eigenvalue weighted by molar-refractivity contribution is 0.351. The van der Waals surface area contributed by atoms with Crippen molar-refractivity contribution in [2.24, 2.45) is 5.92 Å². The molecule has 0 unspecified atom stereocenters. The molecule has 0 bridgehead atoms. The smallest absolute Gasteiger partial charge is 0.162 e. The van der Waals surface area contributed by atoms with Gasteiger partial charge in [0.25, 0.3) is 0 Å². The van der Waals surface area contributed by atoms with E-state index in [4.69, 9.17) is 9.47 Å². The lowest BCUT2D eigenvalue weighted by Crippen LogP contribution is -2.49. The maximum Gasteiger partial charge on any atom is 0.162 e. The zero-order valence-corrected chi connectivity index (χ0v) is 15.3. The Hall–Kier alpha value is -2.83. The standard InChI is InChI=1S/C19H23N5O2/c1-4-18-20-5-6-23(18)9-13-10-24(11-13)19-14-7-16(25-2)17(26-3)8-15(14)21-12-22-19/h5-8,12-13H,4,9-11H2,1-3H3. The van der Waals surface area contributed by atoms with Gasteiger partial charge in [-0.2, -0.15) is 0 Å². The van der Waals surface area contributed by atoms with Crippen LogP contribution in [0, 0.1) is 5.92 Å². The molecule has 0 atom stereocenters. The topological polar surface area (TPSA) is 65.3 Å². The molecule has 26 heavy (non-hydrogen) atoms. The van der Waals surface area contributed by atoms with Crippen LogP contribution in [0.2, 0.25) is 0 Å². The van der Waals surface area contributed by atoms with Crippen LogP contribution in [0.15, 0.2) is 30.9 Å². The summed E-state index contributed by atoms with van der Waals surface area (Å²) in [6.07, 6.45) is 6.52. The number of nitrogens with zero attached hydrogens (tertiary/aromatic N) is 5. The molecule has 2 aromatic heterocycles. The van der Waals surface area contributed by atoms with E-state index in [0.29, 0.717) is 17.4 Å². The monoisotopic (exact) mass is 353 g/mol. The summed E-state index contributed by atoms with van der Waals surface area (Å²) in [6, 6.07) is 3.86. The molecule has 1 aliphatic rings. The van der Waals surface area contributed by atoms with Crippen LogP contribution >= 0.6 is 0 Å². The fraction of sp³-hybridized carbons (Fsp3) is 0.421. The Morgan fingerprint density at radius 3 is 2.58 bits per heavy atom. The van der Waals surface area contributed by atoms with E-state index in [-0.39, 0.29) is 0 Å². The van der Waals surface area contributed by atoms with Gasteiger partial charge in [-0.15, -0.1) is 0 Å². The van der Waals surface area contributed by atoms with Gasteiger partial charge in [0.05, 0.1) is 19.7 Å². The van der Waals surface area contributed by atoms with Crippen LogP contribution in [-0.2, 0) is 13.0 Å². The highest BCUT2D eigenvalue weighted by Crippen LogP contribution is 2.36. The molecule has 1 aliphatic heterocycles. The highest BCUT2D eigenvalue weighted by molar-refractivity contribution is 5.92. The number of ether oxygens (including phenoxy) is 2. The zero-order valence-electron chi connectivity index (χ0n) is 15.3. The molecule has 1 fully saturated rings. The van der Waals surface area contributed by atoms with Crippen molar-refractivity contribution in [2.75, 3.05) is 32.2 Å². The number of benzene rings is 1.